The first-order chi connectivity index (χ1) is 11.5. The number of carbonyl (C=O) groups is 2. The second kappa shape index (κ2) is 6.29. The van der Waals surface area contributed by atoms with Gasteiger partial charge in [-0.15, -0.1) is 0 Å². The summed E-state index contributed by atoms with van der Waals surface area (Å²) in [6.45, 7) is 0. The van der Waals surface area contributed by atoms with E-state index in [4.69, 9.17) is 5.73 Å². The molecule has 0 saturated carbocycles. The summed E-state index contributed by atoms with van der Waals surface area (Å²) in [5.41, 5.74) is 7.36. The van der Waals surface area contributed by atoms with Crippen molar-refractivity contribution in [1.82, 2.24) is 4.98 Å². The highest BCUT2D eigenvalue weighted by Crippen LogP contribution is 2.24. The zero-order valence-electron chi connectivity index (χ0n) is 12.6. The highest BCUT2D eigenvalue weighted by atomic mass is 16.3. The van der Waals surface area contributed by atoms with Gasteiger partial charge in [0.1, 0.15) is 5.75 Å². The number of phenolic OH excluding ortho intramolecular Hbond substituents is 1. The number of benzene rings is 2. The summed E-state index contributed by atoms with van der Waals surface area (Å²) >= 11 is 0. The molecule has 0 unspecified atom stereocenters. The largest absolute Gasteiger partial charge is 0.506 e. The number of aromatic nitrogens is 1. The lowest BCUT2D eigenvalue weighted by molar-refractivity contribution is -0.111. The number of hydrogen-bond acceptors (Lipinski definition) is 3. The second-order valence-electron chi connectivity index (χ2n) is 5.21. The van der Waals surface area contributed by atoms with E-state index in [1.807, 2.05) is 24.3 Å². The number of nitrogens with two attached hydrogens (primary N) is 1. The smallest absolute Gasteiger partial charge is 0.248 e. The minimum atomic E-state index is -0.639. The molecule has 0 spiro atoms. The molecule has 0 radical (unpaired) electrons. The molecule has 1 aromatic heterocycles. The first-order valence-electron chi connectivity index (χ1n) is 7.22. The van der Waals surface area contributed by atoms with E-state index in [0.29, 0.717) is 0 Å². The molecule has 0 aliphatic carbocycles. The molecule has 3 aromatic rings. The van der Waals surface area contributed by atoms with Crippen LogP contribution in [0, 0.1) is 0 Å². The van der Waals surface area contributed by atoms with Crippen LogP contribution in [0.4, 0.5) is 5.69 Å². The summed E-state index contributed by atoms with van der Waals surface area (Å²) in [6.07, 6.45) is 4.83. The Bertz CT molecular complexity index is 957. The van der Waals surface area contributed by atoms with Crippen molar-refractivity contribution in [3.8, 4) is 5.75 Å². The molecular formula is C18H15N3O3. The van der Waals surface area contributed by atoms with Gasteiger partial charge in [-0.1, -0.05) is 18.2 Å². The van der Waals surface area contributed by atoms with Crippen LogP contribution in [-0.2, 0) is 4.79 Å². The number of para-hydroxylation sites is 1. The van der Waals surface area contributed by atoms with Crippen LogP contribution >= 0.6 is 0 Å². The molecule has 2 aromatic carbocycles. The quantitative estimate of drug-likeness (QED) is 0.438. The Kier molecular flexibility index (Phi) is 4.03. The molecule has 6 nitrogen and oxygen atoms in total. The third-order valence-corrected chi connectivity index (χ3v) is 3.57. The number of hydrogen-bond donors (Lipinski definition) is 4. The number of amides is 2. The van der Waals surface area contributed by atoms with Crippen molar-refractivity contribution in [3.63, 3.8) is 0 Å². The van der Waals surface area contributed by atoms with Crippen molar-refractivity contribution in [2.24, 2.45) is 5.73 Å². The average Bonchev–Trinajstić information content (AvgIpc) is 2.98. The Balaban J connectivity index is 1.78. The van der Waals surface area contributed by atoms with Crippen molar-refractivity contribution in [3.05, 3.63) is 65.9 Å². The van der Waals surface area contributed by atoms with Gasteiger partial charge < -0.3 is 21.1 Å². The molecular weight excluding hydrogens is 306 g/mol. The molecule has 0 aliphatic rings. The maximum Gasteiger partial charge on any atom is 0.248 e. The number of aromatic hydroxyl groups is 1. The van der Waals surface area contributed by atoms with Crippen LogP contribution in [0.15, 0.2) is 54.7 Å². The van der Waals surface area contributed by atoms with Crippen LogP contribution in [0.2, 0.25) is 0 Å². The van der Waals surface area contributed by atoms with Gasteiger partial charge in [0.2, 0.25) is 11.8 Å². The molecule has 0 saturated heterocycles. The van der Waals surface area contributed by atoms with E-state index in [2.05, 4.69) is 10.3 Å². The van der Waals surface area contributed by atoms with Crippen LogP contribution in [0.3, 0.4) is 0 Å². The van der Waals surface area contributed by atoms with Crippen LogP contribution < -0.4 is 11.1 Å². The highest BCUT2D eigenvalue weighted by molar-refractivity contribution is 6.05. The normalized spacial score (nSPS) is 11.0. The Morgan fingerprint density at radius 1 is 1.17 bits per heavy atom. The maximum atomic E-state index is 12.0. The van der Waals surface area contributed by atoms with Gasteiger partial charge in [-0.05, 0) is 35.9 Å². The van der Waals surface area contributed by atoms with Gasteiger partial charge in [-0.25, -0.2) is 0 Å². The third-order valence-electron chi connectivity index (χ3n) is 3.57. The molecule has 2 amide bonds. The van der Waals surface area contributed by atoms with Gasteiger partial charge in [-0.3, -0.25) is 9.59 Å². The summed E-state index contributed by atoms with van der Waals surface area (Å²) < 4.78 is 0. The number of H-pyrrole nitrogens is 1. The summed E-state index contributed by atoms with van der Waals surface area (Å²) in [6, 6.07) is 11.8. The Morgan fingerprint density at radius 3 is 2.75 bits per heavy atom. The van der Waals surface area contributed by atoms with E-state index >= 15 is 0 Å². The van der Waals surface area contributed by atoms with Gasteiger partial charge in [0.05, 0.1) is 5.69 Å². The summed E-state index contributed by atoms with van der Waals surface area (Å²) in [5.74, 6) is -1.22. The first kappa shape index (κ1) is 15.4. The van der Waals surface area contributed by atoms with Crippen LogP contribution in [0.25, 0.3) is 17.0 Å². The molecule has 0 bridgehead atoms. The lowest BCUT2D eigenvalue weighted by Gasteiger charge is -2.06. The maximum absolute atomic E-state index is 12.0. The van der Waals surface area contributed by atoms with E-state index < -0.39 is 11.8 Å². The molecule has 1 heterocycles. The van der Waals surface area contributed by atoms with E-state index in [-0.39, 0.29) is 17.0 Å². The molecule has 120 valence electrons. The Morgan fingerprint density at radius 2 is 1.96 bits per heavy atom. The Hall–Kier alpha value is -3.54. The standard InChI is InChI=1S/C18H15N3O3/c19-18(24)11-5-7-16(22)15(9-11)21-17(23)8-6-12-10-20-14-4-2-1-3-13(12)14/h1-10,20,22H,(H2,19,24)(H,21,23)/b8-6+. The minimum Gasteiger partial charge on any atom is -0.506 e. The first-order valence-corrected chi connectivity index (χ1v) is 7.22. The number of aromatic amines is 1. The van der Waals surface area contributed by atoms with Crippen LogP contribution in [-0.4, -0.2) is 21.9 Å². The lowest BCUT2D eigenvalue weighted by atomic mass is 10.1. The van der Waals surface area contributed by atoms with E-state index in [1.54, 1.807) is 12.3 Å². The van der Waals surface area contributed by atoms with E-state index in [1.165, 1.54) is 24.3 Å². The van der Waals surface area contributed by atoms with Gasteiger partial charge in [0.15, 0.2) is 0 Å². The fraction of sp³-hybridized carbons (Fsp3) is 0. The molecule has 0 fully saturated rings. The molecule has 6 heteroatoms. The van der Waals surface area contributed by atoms with E-state index in [9.17, 15) is 14.7 Å². The van der Waals surface area contributed by atoms with Gasteiger partial charge in [0, 0.05) is 28.7 Å². The van der Waals surface area contributed by atoms with Crippen molar-refractivity contribution in [2.45, 2.75) is 0 Å². The number of rotatable bonds is 4. The van der Waals surface area contributed by atoms with Crippen molar-refractivity contribution in [1.29, 1.82) is 0 Å². The second-order valence-corrected chi connectivity index (χ2v) is 5.21. The molecule has 0 atom stereocenters. The fourth-order valence-corrected chi connectivity index (χ4v) is 2.36. The molecule has 0 aliphatic heterocycles. The average molecular weight is 321 g/mol. The molecule has 3 rings (SSSR count). The highest BCUT2D eigenvalue weighted by Gasteiger charge is 2.08. The number of anilines is 1. The summed E-state index contributed by atoms with van der Waals surface area (Å²) in [7, 11) is 0. The molecule has 5 N–H and O–H groups in total. The summed E-state index contributed by atoms with van der Waals surface area (Å²) in [4.78, 5) is 26.3. The number of fused-ring (bicyclic) bond motifs is 1. The Labute approximate surface area is 137 Å². The minimum absolute atomic E-state index is 0.125. The SMILES string of the molecule is NC(=O)c1ccc(O)c(NC(=O)/C=C/c2c[nH]c3ccccc23)c1. The van der Waals surface area contributed by atoms with Gasteiger partial charge in [-0.2, -0.15) is 0 Å². The van der Waals surface area contributed by atoms with Gasteiger partial charge >= 0.3 is 0 Å². The fourth-order valence-electron chi connectivity index (χ4n) is 2.36. The lowest BCUT2D eigenvalue weighted by Crippen LogP contribution is -2.13. The molecule has 24 heavy (non-hydrogen) atoms. The zero-order chi connectivity index (χ0) is 17.1. The van der Waals surface area contributed by atoms with Gasteiger partial charge in [0.25, 0.3) is 0 Å². The predicted octanol–water partition coefficient (Wildman–Crippen LogP) is 2.62. The predicted molar refractivity (Wildman–Crippen MR) is 92.6 cm³/mol. The van der Waals surface area contributed by atoms with Crippen molar-refractivity contribution >= 4 is 34.5 Å². The zero-order valence-corrected chi connectivity index (χ0v) is 12.6. The monoisotopic (exact) mass is 321 g/mol. The van der Waals surface area contributed by atoms with Crippen LogP contribution in [0.1, 0.15) is 15.9 Å². The number of nitrogens with one attached hydrogen (secondary N) is 2. The number of carbonyl (C=O) groups excluding carboxylic acids is 2. The van der Waals surface area contributed by atoms with Crippen molar-refractivity contribution in [2.75, 3.05) is 5.32 Å². The van der Waals surface area contributed by atoms with Crippen LogP contribution in [0.5, 0.6) is 5.75 Å². The summed E-state index contributed by atoms with van der Waals surface area (Å²) in [5, 5.41) is 13.3. The van der Waals surface area contributed by atoms with E-state index in [0.717, 1.165) is 16.5 Å². The number of phenols is 1. The number of primary amides is 1. The van der Waals surface area contributed by atoms with Crippen molar-refractivity contribution < 1.29 is 14.7 Å². The topological polar surface area (TPSA) is 108 Å². The third kappa shape index (κ3) is 3.12.